The Bertz CT molecular complexity index is 655. The van der Waals surface area contributed by atoms with Crippen LogP contribution in [0.1, 0.15) is 12.8 Å². The second-order valence-corrected chi connectivity index (χ2v) is 8.33. The molecule has 0 spiro atoms. The highest BCUT2D eigenvalue weighted by molar-refractivity contribution is 7.47. The van der Waals surface area contributed by atoms with Gasteiger partial charge in [-0.3, -0.25) is 4.99 Å². The van der Waals surface area contributed by atoms with Gasteiger partial charge in [0, 0.05) is 23.0 Å². The number of rotatable bonds is 11. The average molecular weight is 387 g/mol. The molecule has 0 fully saturated rings. The first-order valence-corrected chi connectivity index (χ1v) is 11.2. The molecule has 3 nitrogen and oxygen atoms in total. The molecule has 0 radical (unpaired) electrons. The predicted molar refractivity (Wildman–Crippen MR) is 118 cm³/mol. The van der Waals surface area contributed by atoms with E-state index >= 15 is 0 Å². The van der Waals surface area contributed by atoms with Crippen LogP contribution in [0.15, 0.2) is 65.8 Å². The minimum Gasteiger partial charge on any atom is -0.496 e. The minimum absolute atomic E-state index is 0.754. The minimum atomic E-state index is 0.754. The molecule has 0 saturated heterocycles. The molecule has 0 amide bonds. The summed E-state index contributed by atoms with van der Waals surface area (Å²) < 4.78 is 10.8. The Kier molecular flexibility index (Phi) is 10.0. The molecule has 2 unspecified atom stereocenters. The lowest BCUT2D eigenvalue weighted by atomic mass is 10.3. The number of allylic oxidation sites excluding steroid dienone is 1. The van der Waals surface area contributed by atoms with Gasteiger partial charge in [-0.05, 0) is 37.3 Å². The van der Waals surface area contributed by atoms with Crippen LogP contribution in [0, 0.1) is 0 Å². The van der Waals surface area contributed by atoms with Crippen LogP contribution in [0.5, 0.6) is 11.5 Å². The van der Waals surface area contributed by atoms with E-state index in [1.165, 1.54) is 10.6 Å². The lowest BCUT2D eigenvalue weighted by molar-refractivity contribution is 0.418. The smallest absolute Gasteiger partial charge is 0.126 e. The average Bonchev–Trinajstić information content (AvgIpc) is 2.70. The van der Waals surface area contributed by atoms with E-state index in [-0.39, 0.29) is 0 Å². The highest BCUT2D eigenvalue weighted by atomic mass is 31.1. The first-order valence-electron chi connectivity index (χ1n) is 8.75. The van der Waals surface area contributed by atoms with Crippen LogP contribution in [0.4, 0.5) is 0 Å². The summed E-state index contributed by atoms with van der Waals surface area (Å²) in [4.78, 5) is 4.37. The molecular weight excluding hydrogens is 360 g/mol. The topological polar surface area (TPSA) is 30.8 Å². The van der Waals surface area contributed by atoms with E-state index in [1.54, 1.807) is 14.2 Å². The van der Waals surface area contributed by atoms with Crippen molar-refractivity contribution in [3.8, 4) is 11.5 Å². The molecule has 0 aromatic heterocycles. The number of ether oxygens (including phenoxy) is 2. The molecule has 0 N–H and O–H groups in total. The number of hydrogen-bond donors (Lipinski definition) is 0. The van der Waals surface area contributed by atoms with Gasteiger partial charge in [-0.2, -0.15) is 0 Å². The summed E-state index contributed by atoms with van der Waals surface area (Å²) in [5, 5.41) is 2.58. The van der Waals surface area contributed by atoms with Gasteiger partial charge in [0.25, 0.3) is 0 Å². The summed E-state index contributed by atoms with van der Waals surface area (Å²) in [5.74, 6) is 1.97. The SMILES string of the molecule is COc1ccccc1PCCC=CN=CCCPc1ccccc1OC. The van der Waals surface area contributed by atoms with Crippen LogP contribution >= 0.6 is 17.2 Å². The van der Waals surface area contributed by atoms with Crippen molar-refractivity contribution < 1.29 is 9.47 Å². The fraction of sp³-hybridized carbons (Fsp3) is 0.286. The first kappa shape index (κ1) is 20.6. The Morgan fingerprint density at radius 3 is 1.92 bits per heavy atom. The molecular formula is C21H27NO2P2. The lowest BCUT2D eigenvalue weighted by Gasteiger charge is -2.06. The van der Waals surface area contributed by atoms with Crippen LogP contribution in [-0.4, -0.2) is 32.8 Å². The molecule has 26 heavy (non-hydrogen) atoms. The Balaban J connectivity index is 1.60. The number of aliphatic imine (C=N–C) groups is 1. The maximum absolute atomic E-state index is 5.38. The van der Waals surface area contributed by atoms with Gasteiger partial charge in [0.1, 0.15) is 11.5 Å². The van der Waals surface area contributed by atoms with Crippen LogP contribution in [0.25, 0.3) is 0 Å². The monoisotopic (exact) mass is 387 g/mol. The van der Waals surface area contributed by atoms with Crippen LogP contribution < -0.4 is 20.1 Å². The van der Waals surface area contributed by atoms with Crippen molar-refractivity contribution >= 4 is 34.0 Å². The van der Waals surface area contributed by atoms with Crippen molar-refractivity contribution in [3.63, 3.8) is 0 Å². The van der Waals surface area contributed by atoms with Crippen molar-refractivity contribution in [3.05, 3.63) is 60.8 Å². The summed E-state index contributed by atoms with van der Waals surface area (Å²) in [7, 11) is 4.97. The zero-order valence-corrected chi connectivity index (χ0v) is 17.4. The quantitative estimate of drug-likeness (QED) is 0.326. The van der Waals surface area contributed by atoms with Crippen molar-refractivity contribution in [1.29, 1.82) is 0 Å². The summed E-state index contributed by atoms with van der Waals surface area (Å²) >= 11 is 0. The Labute approximate surface area is 160 Å². The maximum atomic E-state index is 5.38. The summed E-state index contributed by atoms with van der Waals surface area (Å²) in [6.07, 6.45) is 10.3. The summed E-state index contributed by atoms with van der Waals surface area (Å²) in [6, 6.07) is 16.5. The van der Waals surface area contributed by atoms with E-state index < -0.39 is 0 Å². The van der Waals surface area contributed by atoms with Crippen molar-refractivity contribution in [2.24, 2.45) is 4.99 Å². The largest absolute Gasteiger partial charge is 0.496 e. The highest BCUT2D eigenvalue weighted by Crippen LogP contribution is 2.20. The van der Waals surface area contributed by atoms with Gasteiger partial charge in [0.2, 0.25) is 0 Å². The number of methoxy groups -OCH3 is 2. The normalized spacial score (nSPS) is 12.2. The molecule has 2 atom stereocenters. The molecule has 2 aromatic rings. The molecule has 138 valence electrons. The van der Waals surface area contributed by atoms with Gasteiger partial charge in [-0.1, -0.05) is 59.6 Å². The summed E-state index contributed by atoms with van der Waals surface area (Å²) in [5.41, 5.74) is 0. The maximum Gasteiger partial charge on any atom is 0.126 e. The zero-order chi connectivity index (χ0) is 18.5. The molecule has 0 aliphatic carbocycles. The number of nitrogens with zero attached hydrogens (tertiary/aromatic N) is 1. The molecule has 2 aromatic carbocycles. The standard InChI is InChI=1S/C21H27NO2P2/c1-23-18-10-3-5-12-20(18)25-16-8-7-14-22-15-9-17-26-21-13-6-4-11-19(21)24-2/h3-7,10-15,25-26H,8-9,16-17H2,1-2H3. The van der Waals surface area contributed by atoms with E-state index in [1.807, 2.05) is 36.7 Å². The van der Waals surface area contributed by atoms with Gasteiger partial charge in [-0.15, -0.1) is 0 Å². The van der Waals surface area contributed by atoms with Gasteiger partial charge in [0.15, 0.2) is 0 Å². The zero-order valence-electron chi connectivity index (χ0n) is 15.4. The van der Waals surface area contributed by atoms with E-state index in [0.29, 0.717) is 0 Å². The third kappa shape index (κ3) is 7.28. The van der Waals surface area contributed by atoms with Crippen LogP contribution in [-0.2, 0) is 0 Å². The van der Waals surface area contributed by atoms with E-state index in [9.17, 15) is 0 Å². The molecule has 0 bridgehead atoms. The Morgan fingerprint density at radius 1 is 0.808 bits per heavy atom. The van der Waals surface area contributed by atoms with Gasteiger partial charge >= 0.3 is 0 Å². The number of hydrogen-bond acceptors (Lipinski definition) is 3. The number of para-hydroxylation sites is 2. The first-order chi connectivity index (χ1) is 12.8. The molecule has 5 heteroatoms. The van der Waals surface area contributed by atoms with Gasteiger partial charge in [0.05, 0.1) is 14.2 Å². The Hall–Kier alpha value is -1.69. The van der Waals surface area contributed by atoms with Gasteiger partial charge < -0.3 is 9.47 Å². The van der Waals surface area contributed by atoms with Crippen molar-refractivity contribution in [1.82, 2.24) is 0 Å². The van der Waals surface area contributed by atoms with Crippen LogP contribution in [0.2, 0.25) is 0 Å². The molecule has 0 aliphatic heterocycles. The van der Waals surface area contributed by atoms with Crippen molar-refractivity contribution in [2.75, 3.05) is 26.5 Å². The molecule has 0 aliphatic rings. The van der Waals surface area contributed by atoms with E-state index in [2.05, 4.69) is 35.3 Å². The second-order valence-electron chi connectivity index (χ2n) is 5.55. The summed E-state index contributed by atoms with van der Waals surface area (Å²) in [6.45, 7) is 0. The second kappa shape index (κ2) is 12.6. The molecule has 0 heterocycles. The highest BCUT2D eigenvalue weighted by Gasteiger charge is 2.00. The lowest BCUT2D eigenvalue weighted by Crippen LogP contribution is -2.01. The van der Waals surface area contributed by atoms with E-state index in [0.717, 1.165) is 53.8 Å². The fourth-order valence-corrected chi connectivity index (χ4v) is 4.68. The number of benzene rings is 2. The Morgan fingerprint density at radius 2 is 1.35 bits per heavy atom. The predicted octanol–water partition coefficient (Wildman–Crippen LogP) is 4.38. The molecule has 2 rings (SSSR count). The van der Waals surface area contributed by atoms with Crippen LogP contribution in [0.3, 0.4) is 0 Å². The van der Waals surface area contributed by atoms with Crippen molar-refractivity contribution in [2.45, 2.75) is 12.8 Å². The third-order valence-corrected chi connectivity index (χ3v) is 6.39. The molecule has 0 saturated carbocycles. The van der Waals surface area contributed by atoms with Gasteiger partial charge in [-0.25, -0.2) is 0 Å². The fourth-order valence-electron chi connectivity index (χ4n) is 2.41. The third-order valence-electron chi connectivity index (χ3n) is 3.73. The van der Waals surface area contributed by atoms with E-state index in [4.69, 9.17) is 9.47 Å².